The summed E-state index contributed by atoms with van der Waals surface area (Å²) in [6, 6.07) is 7.43. The highest BCUT2D eigenvalue weighted by Gasteiger charge is 2.12. The monoisotopic (exact) mass is 343 g/mol. The number of pyridine rings is 1. The van der Waals surface area contributed by atoms with Crippen LogP contribution in [0.3, 0.4) is 0 Å². The van der Waals surface area contributed by atoms with E-state index in [1.165, 1.54) is 30.9 Å². The van der Waals surface area contributed by atoms with Gasteiger partial charge in [0, 0.05) is 16.3 Å². The molecule has 0 amide bonds. The van der Waals surface area contributed by atoms with E-state index in [2.05, 4.69) is 15.0 Å². The highest BCUT2D eigenvalue weighted by atomic mass is 35.5. The van der Waals surface area contributed by atoms with E-state index in [-0.39, 0.29) is 12.2 Å². The Balaban J connectivity index is 1.80. The molecule has 0 saturated carbocycles. The minimum absolute atomic E-state index is 0.0362. The van der Waals surface area contributed by atoms with Gasteiger partial charge in [-0.25, -0.2) is 14.4 Å². The molecule has 120 valence electrons. The maximum absolute atomic E-state index is 12.9. The van der Waals surface area contributed by atoms with Gasteiger partial charge in [0.25, 0.3) is 0 Å². The summed E-state index contributed by atoms with van der Waals surface area (Å²) < 4.78 is 18.5. The lowest BCUT2D eigenvalue weighted by Gasteiger charge is -2.08. The normalized spacial score (nSPS) is 10.4. The number of hydrogen-bond donors (Lipinski definition) is 0. The van der Waals surface area contributed by atoms with Crippen LogP contribution >= 0.6 is 11.6 Å². The fourth-order valence-corrected chi connectivity index (χ4v) is 2.26. The SMILES string of the molecule is O=C(Cc1ccc(F)cn1)c1cc(Cl)cc(Oc2cncnc2)c1. The molecule has 24 heavy (non-hydrogen) atoms. The van der Waals surface area contributed by atoms with Gasteiger partial charge < -0.3 is 4.74 Å². The first-order valence-electron chi connectivity index (χ1n) is 6.97. The van der Waals surface area contributed by atoms with Crippen molar-refractivity contribution < 1.29 is 13.9 Å². The molecule has 0 saturated heterocycles. The number of carbonyl (C=O) groups excluding carboxylic acids is 1. The second-order valence-electron chi connectivity index (χ2n) is 4.92. The Morgan fingerprint density at radius 2 is 1.88 bits per heavy atom. The standard InChI is InChI=1S/C17H11ClFN3O2/c18-12-3-11(17(23)6-14-2-1-13(19)7-22-14)4-15(5-12)24-16-8-20-10-21-9-16/h1-5,7-10H,6H2. The van der Waals surface area contributed by atoms with Crippen molar-refractivity contribution >= 4 is 17.4 Å². The Bertz CT molecular complexity index is 857. The van der Waals surface area contributed by atoms with Crippen molar-refractivity contribution in [1.82, 2.24) is 15.0 Å². The minimum atomic E-state index is -0.449. The van der Waals surface area contributed by atoms with Crippen LogP contribution in [0, 0.1) is 5.82 Å². The van der Waals surface area contributed by atoms with Gasteiger partial charge >= 0.3 is 0 Å². The summed E-state index contributed by atoms with van der Waals surface area (Å²) >= 11 is 6.06. The minimum Gasteiger partial charge on any atom is -0.454 e. The molecule has 0 spiro atoms. The smallest absolute Gasteiger partial charge is 0.169 e. The molecule has 0 radical (unpaired) electrons. The molecule has 0 atom stereocenters. The zero-order chi connectivity index (χ0) is 16.9. The summed E-state index contributed by atoms with van der Waals surface area (Å²) in [7, 11) is 0. The van der Waals surface area contributed by atoms with Gasteiger partial charge in [-0.15, -0.1) is 0 Å². The van der Waals surface area contributed by atoms with Crippen molar-refractivity contribution in [3.63, 3.8) is 0 Å². The molecule has 0 aliphatic rings. The van der Waals surface area contributed by atoms with Gasteiger partial charge in [0.05, 0.1) is 25.0 Å². The number of benzene rings is 1. The van der Waals surface area contributed by atoms with Gasteiger partial charge in [-0.05, 0) is 30.3 Å². The Morgan fingerprint density at radius 1 is 1.08 bits per heavy atom. The fraction of sp³-hybridized carbons (Fsp3) is 0.0588. The van der Waals surface area contributed by atoms with E-state index in [9.17, 15) is 9.18 Å². The predicted molar refractivity (Wildman–Crippen MR) is 85.8 cm³/mol. The molecule has 7 heteroatoms. The van der Waals surface area contributed by atoms with Crippen molar-refractivity contribution in [2.24, 2.45) is 0 Å². The highest BCUT2D eigenvalue weighted by molar-refractivity contribution is 6.31. The lowest BCUT2D eigenvalue weighted by atomic mass is 10.1. The van der Waals surface area contributed by atoms with E-state index >= 15 is 0 Å². The maximum atomic E-state index is 12.9. The van der Waals surface area contributed by atoms with Gasteiger partial charge in [0.15, 0.2) is 11.5 Å². The number of hydrogen-bond acceptors (Lipinski definition) is 5. The predicted octanol–water partition coefficient (Wildman–Crippen LogP) is 3.88. The number of Topliss-reactive ketones (excluding diaryl/α,β-unsaturated/α-hetero) is 1. The molecule has 3 rings (SSSR count). The summed E-state index contributed by atoms with van der Waals surface area (Å²) in [6.45, 7) is 0. The first kappa shape index (κ1) is 16.0. The number of aromatic nitrogens is 3. The van der Waals surface area contributed by atoms with Crippen LogP contribution in [0.2, 0.25) is 5.02 Å². The fourth-order valence-electron chi connectivity index (χ4n) is 2.03. The second-order valence-corrected chi connectivity index (χ2v) is 5.36. The zero-order valence-corrected chi connectivity index (χ0v) is 13.1. The van der Waals surface area contributed by atoms with E-state index in [4.69, 9.17) is 16.3 Å². The van der Waals surface area contributed by atoms with Crippen molar-refractivity contribution in [3.05, 3.63) is 77.3 Å². The molecule has 0 bridgehead atoms. The van der Waals surface area contributed by atoms with Crippen molar-refractivity contribution in [1.29, 1.82) is 0 Å². The quantitative estimate of drug-likeness (QED) is 0.658. The average Bonchev–Trinajstić information content (AvgIpc) is 2.57. The van der Waals surface area contributed by atoms with Crippen LogP contribution in [0.5, 0.6) is 11.5 Å². The van der Waals surface area contributed by atoms with Crippen LogP contribution in [0.25, 0.3) is 0 Å². The number of rotatable bonds is 5. The third kappa shape index (κ3) is 4.11. The van der Waals surface area contributed by atoms with E-state index in [0.29, 0.717) is 27.8 Å². The average molecular weight is 344 g/mol. The Labute approximate surface area is 142 Å². The topological polar surface area (TPSA) is 65.0 Å². The molecular formula is C17H11ClFN3O2. The lowest BCUT2D eigenvalue weighted by molar-refractivity contribution is 0.0991. The van der Waals surface area contributed by atoms with Crippen LogP contribution in [0.15, 0.2) is 55.2 Å². The summed E-state index contributed by atoms with van der Waals surface area (Å²) in [5.41, 5.74) is 0.848. The molecule has 2 heterocycles. The Hall–Kier alpha value is -2.86. The molecule has 0 unspecified atom stereocenters. The number of nitrogens with zero attached hydrogens (tertiary/aromatic N) is 3. The third-order valence-electron chi connectivity index (χ3n) is 3.10. The molecule has 0 N–H and O–H groups in total. The van der Waals surface area contributed by atoms with E-state index in [0.717, 1.165) is 6.20 Å². The number of ether oxygens (including phenoxy) is 1. The van der Waals surface area contributed by atoms with Crippen molar-refractivity contribution in [2.75, 3.05) is 0 Å². The first-order chi connectivity index (χ1) is 11.6. The second kappa shape index (κ2) is 7.14. The summed E-state index contributed by atoms with van der Waals surface area (Å²) in [5, 5.41) is 0.361. The molecule has 0 fully saturated rings. The molecule has 0 aliphatic heterocycles. The van der Waals surface area contributed by atoms with Gasteiger partial charge in [0.2, 0.25) is 0 Å². The third-order valence-corrected chi connectivity index (χ3v) is 3.31. The van der Waals surface area contributed by atoms with Gasteiger partial charge in [-0.1, -0.05) is 11.6 Å². The van der Waals surface area contributed by atoms with E-state index in [1.54, 1.807) is 18.2 Å². The largest absolute Gasteiger partial charge is 0.454 e. The van der Waals surface area contributed by atoms with Crippen LogP contribution in [-0.2, 0) is 6.42 Å². The van der Waals surface area contributed by atoms with E-state index < -0.39 is 5.82 Å². The summed E-state index contributed by atoms with van der Waals surface area (Å²) in [6.07, 6.45) is 5.49. The number of carbonyl (C=O) groups is 1. The summed E-state index contributed by atoms with van der Waals surface area (Å²) in [4.78, 5) is 24.0. The van der Waals surface area contributed by atoms with Gasteiger partial charge in [-0.3, -0.25) is 9.78 Å². The zero-order valence-electron chi connectivity index (χ0n) is 12.3. The molecule has 2 aromatic heterocycles. The number of halogens is 2. The molecule has 5 nitrogen and oxygen atoms in total. The van der Waals surface area contributed by atoms with Crippen molar-refractivity contribution in [2.45, 2.75) is 6.42 Å². The van der Waals surface area contributed by atoms with E-state index in [1.807, 2.05) is 0 Å². The molecule has 1 aromatic carbocycles. The van der Waals surface area contributed by atoms with Crippen LogP contribution in [0.1, 0.15) is 16.1 Å². The first-order valence-corrected chi connectivity index (χ1v) is 7.35. The summed E-state index contributed by atoms with van der Waals surface area (Å²) in [5.74, 6) is 0.173. The maximum Gasteiger partial charge on any atom is 0.169 e. The molecule has 3 aromatic rings. The van der Waals surface area contributed by atoms with Crippen molar-refractivity contribution in [3.8, 4) is 11.5 Å². The number of ketones is 1. The Morgan fingerprint density at radius 3 is 2.58 bits per heavy atom. The lowest BCUT2D eigenvalue weighted by Crippen LogP contribution is -2.05. The Kier molecular flexibility index (Phi) is 4.77. The van der Waals surface area contributed by atoms with Crippen LogP contribution < -0.4 is 4.74 Å². The highest BCUT2D eigenvalue weighted by Crippen LogP contribution is 2.26. The van der Waals surface area contributed by atoms with Crippen LogP contribution in [0.4, 0.5) is 4.39 Å². The van der Waals surface area contributed by atoms with Gasteiger partial charge in [0.1, 0.15) is 17.9 Å². The van der Waals surface area contributed by atoms with Crippen LogP contribution in [-0.4, -0.2) is 20.7 Å². The van der Waals surface area contributed by atoms with Gasteiger partial charge in [-0.2, -0.15) is 0 Å². The molecular weight excluding hydrogens is 333 g/mol. The molecule has 0 aliphatic carbocycles.